The molecule has 0 aromatic heterocycles. The summed E-state index contributed by atoms with van der Waals surface area (Å²) in [5.74, 6) is 0.0716. The van der Waals surface area contributed by atoms with E-state index in [2.05, 4.69) is 0 Å². The lowest BCUT2D eigenvalue weighted by Gasteiger charge is -2.57. The van der Waals surface area contributed by atoms with Crippen LogP contribution in [0, 0.1) is 0 Å². The van der Waals surface area contributed by atoms with Crippen LogP contribution < -0.4 is 9.64 Å². The summed E-state index contributed by atoms with van der Waals surface area (Å²) in [5, 5.41) is 0. The fourth-order valence-corrected chi connectivity index (χ4v) is 3.89. The highest BCUT2D eigenvalue weighted by Gasteiger charge is 2.66. The molecule has 134 valence electrons. The highest BCUT2D eigenvalue weighted by atomic mass is 16.7. The van der Waals surface area contributed by atoms with Gasteiger partial charge in [0, 0.05) is 12.1 Å². The number of carbonyl (C=O) groups is 1. The normalized spacial score (nSPS) is 33.6. The van der Waals surface area contributed by atoms with E-state index < -0.39 is 11.4 Å². The lowest BCUT2D eigenvalue weighted by Crippen LogP contribution is -2.79. The van der Waals surface area contributed by atoms with E-state index in [1.54, 1.807) is 12.0 Å². The van der Waals surface area contributed by atoms with E-state index >= 15 is 0 Å². The van der Waals surface area contributed by atoms with Crippen molar-refractivity contribution in [2.45, 2.75) is 43.8 Å². The molecule has 1 amide bonds. The van der Waals surface area contributed by atoms with Crippen molar-refractivity contribution in [2.75, 3.05) is 25.2 Å². The van der Waals surface area contributed by atoms with E-state index in [-0.39, 0.29) is 18.1 Å². The molecule has 0 radical (unpaired) electrons. The molecule has 25 heavy (non-hydrogen) atoms. The zero-order valence-electron chi connectivity index (χ0n) is 14.7. The van der Waals surface area contributed by atoms with Crippen molar-refractivity contribution >= 4 is 11.6 Å². The van der Waals surface area contributed by atoms with Crippen LogP contribution in [0.1, 0.15) is 20.3 Å². The Kier molecular flexibility index (Phi) is 3.86. The van der Waals surface area contributed by atoms with Crippen LogP contribution in [-0.2, 0) is 19.0 Å². The van der Waals surface area contributed by atoms with Crippen LogP contribution in [0.15, 0.2) is 36.4 Å². The summed E-state index contributed by atoms with van der Waals surface area (Å²) in [6.07, 6.45) is 4.28. The maximum absolute atomic E-state index is 13.1. The molecule has 0 aliphatic carbocycles. The Balaban J connectivity index is 1.67. The highest BCUT2D eigenvalue weighted by molar-refractivity contribution is 6.08. The first-order chi connectivity index (χ1) is 12.0. The Morgan fingerprint density at radius 2 is 1.92 bits per heavy atom. The largest absolute Gasteiger partial charge is 0.497 e. The Labute approximate surface area is 147 Å². The molecule has 6 heteroatoms. The molecule has 0 N–H and O–H groups in total. The maximum atomic E-state index is 13.1. The Morgan fingerprint density at radius 1 is 1.16 bits per heavy atom. The van der Waals surface area contributed by atoms with Crippen molar-refractivity contribution in [1.82, 2.24) is 0 Å². The van der Waals surface area contributed by atoms with Crippen molar-refractivity contribution in [1.29, 1.82) is 0 Å². The van der Waals surface area contributed by atoms with Gasteiger partial charge in [0.2, 0.25) is 0 Å². The highest BCUT2D eigenvalue weighted by Crippen LogP contribution is 2.46. The van der Waals surface area contributed by atoms with Gasteiger partial charge in [-0.3, -0.25) is 4.79 Å². The average molecular weight is 345 g/mol. The smallest absolute Gasteiger partial charge is 0.262 e. The third-order valence-corrected chi connectivity index (χ3v) is 5.09. The molecule has 1 aromatic carbocycles. The quantitative estimate of drug-likeness (QED) is 0.621. The zero-order valence-corrected chi connectivity index (χ0v) is 14.7. The van der Waals surface area contributed by atoms with Crippen molar-refractivity contribution < 1.29 is 23.7 Å². The van der Waals surface area contributed by atoms with E-state index in [0.717, 1.165) is 11.4 Å². The number of hydrogen-bond acceptors (Lipinski definition) is 5. The van der Waals surface area contributed by atoms with E-state index in [9.17, 15) is 4.79 Å². The first kappa shape index (κ1) is 16.6. The number of methoxy groups -OCH3 is 1. The standard InChI is InChI=1S/C19H23NO5/c1-18(2)24-12-15(25-18)16-19(10-4-5-11-23-19)17(21)20(16)13-6-8-14(22-3)9-7-13/h4-9,15-16H,10-12H2,1-3H3/t15-,16+,19-/m1/s1. The van der Waals surface area contributed by atoms with Gasteiger partial charge < -0.3 is 23.8 Å². The van der Waals surface area contributed by atoms with Gasteiger partial charge in [-0.15, -0.1) is 0 Å². The summed E-state index contributed by atoms with van der Waals surface area (Å²) in [4.78, 5) is 14.8. The van der Waals surface area contributed by atoms with E-state index in [1.165, 1.54) is 0 Å². The number of hydrogen-bond donors (Lipinski definition) is 0. The predicted octanol–water partition coefficient (Wildman–Crippen LogP) is 2.28. The monoisotopic (exact) mass is 345 g/mol. The molecule has 0 bridgehead atoms. The summed E-state index contributed by atoms with van der Waals surface area (Å²) in [6, 6.07) is 7.25. The molecular formula is C19H23NO5. The maximum Gasteiger partial charge on any atom is 0.262 e. The lowest BCUT2D eigenvalue weighted by atomic mass is 9.75. The van der Waals surface area contributed by atoms with Gasteiger partial charge in [0.25, 0.3) is 5.91 Å². The van der Waals surface area contributed by atoms with Crippen LogP contribution >= 0.6 is 0 Å². The van der Waals surface area contributed by atoms with Gasteiger partial charge in [0.1, 0.15) is 17.9 Å². The summed E-state index contributed by atoms with van der Waals surface area (Å²) in [5.41, 5.74) is -0.0452. The first-order valence-electron chi connectivity index (χ1n) is 8.55. The molecule has 1 spiro atoms. The summed E-state index contributed by atoms with van der Waals surface area (Å²) >= 11 is 0. The second kappa shape index (κ2) is 5.83. The zero-order chi connectivity index (χ0) is 17.7. The van der Waals surface area contributed by atoms with Gasteiger partial charge in [-0.2, -0.15) is 0 Å². The van der Waals surface area contributed by atoms with Crippen molar-refractivity contribution in [3.8, 4) is 5.75 Å². The van der Waals surface area contributed by atoms with Crippen LogP contribution in [0.4, 0.5) is 5.69 Å². The number of β-lactam (4-membered cyclic amide) rings is 1. The van der Waals surface area contributed by atoms with Gasteiger partial charge >= 0.3 is 0 Å². The van der Waals surface area contributed by atoms with Crippen molar-refractivity contribution in [2.24, 2.45) is 0 Å². The van der Waals surface area contributed by atoms with Crippen molar-refractivity contribution in [3.63, 3.8) is 0 Å². The van der Waals surface area contributed by atoms with Crippen molar-refractivity contribution in [3.05, 3.63) is 36.4 Å². The van der Waals surface area contributed by atoms with Gasteiger partial charge in [-0.05, 0) is 38.1 Å². The van der Waals surface area contributed by atoms with Crippen LogP contribution in [0.2, 0.25) is 0 Å². The number of nitrogens with zero attached hydrogens (tertiary/aromatic N) is 1. The molecule has 0 saturated carbocycles. The molecule has 3 aliphatic rings. The Bertz CT molecular complexity index is 698. The van der Waals surface area contributed by atoms with Crippen LogP contribution in [0.5, 0.6) is 5.75 Å². The molecule has 4 rings (SSSR count). The molecule has 1 aromatic rings. The summed E-state index contributed by atoms with van der Waals surface area (Å²) < 4.78 is 23.0. The number of anilines is 1. The van der Waals surface area contributed by atoms with E-state index in [1.807, 2.05) is 50.3 Å². The number of rotatable bonds is 3. The number of ether oxygens (including phenoxy) is 4. The summed E-state index contributed by atoms with van der Waals surface area (Å²) in [7, 11) is 1.62. The van der Waals surface area contributed by atoms with Gasteiger partial charge in [-0.25, -0.2) is 0 Å². The SMILES string of the molecule is COc1ccc(N2C(=O)[C@@]3(CC=CCO3)[C@@H]2[C@H]2COC(C)(C)O2)cc1. The minimum atomic E-state index is -0.858. The molecule has 6 nitrogen and oxygen atoms in total. The minimum Gasteiger partial charge on any atom is -0.497 e. The number of carbonyl (C=O) groups excluding carboxylic acids is 1. The molecule has 2 saturated heterocycles. The number of amides is 1. The van der Waals surface area contributed by atoms with Gasteiger partial charge in [-0.1, -0.05) is 12.2 Å². The Hall–Kier alpha value is -1.89. The van der Waals surface area contributed by atoms with E-state index in [4.69, 9.17) is 18.9 Å². The molecular weight excluding hydrogens is 322 g/mol. The van der Waals surface area contributed by atoms with E-state index in [0.29, 0.717) is 19.6 Å². The molecule has 3 heterocycles. The topological polar surface area (TPSA) is 57.2 Å². The van der Waals surface area contributed by atoms with Gasteiger partial charge in [0.05, 0.1) is 20.3 Å². The second-order valence-corrected chi connectivity index (χ2v) is 7.06. The molecule has 3 atom stereocenters. The second-order valence-electron chi connectivity index (χ2n) is 7.06. The predicted molar refractivity (Wildman–Crippen MR) is 91.6 cm³/mol. The third kappa shape index (κ3) is 2.56. The molecule has 2 fully saturated rings. The molecule has 0 unspecified atom stereocenters. The Morgan fingerprint density at radius 3 is 2.48 bits per heavy atom. The van der Waals surface area contributed by atoms with Gasteiger partial charge in [0.15, 0.2) is 11.4 Å². The van der Waals surface area contributed by atoms with Crippen LogP contribution in [-0.4, -0.2) is 49.8 Å². The lowest BCUT2D eigenvalue weighted by molar-refractivity contribution is -0.183. The fourth-order valence-electron chi connectivity index (χ4n) is 3.89. The fraction of sp³-hybridized carbons (Fsp3) is 0.526. The first-order valence-corrected chi connectivity index (χ1v) is 8.55. The average Bonchev–Trinajstić information content (AvgIpc) is 2.99. The molecule has 3 aliphatic heterocycles. The minimum absolute atomic E-state index is 0.0275. The number of benzene rings is 1. The van der Waals surface area contributed by atoms with Crippen LogP contribution in [0.25, 0.3) is 0 Å². The third-order valence-electron chi connectivity index (χ3n) is 5.09. The van der Waals surface area contributed by atoms with Crippen LogP contribution in [0.3, 0.4) is 0 Å². The summed E-state index contributed by atoms with van der Waals surface area (Å²) in [6.45, 7) is 4.65.